The molecule has 0 amide bonds. The Morgan fingerprint density at radius 1 is 0.468 bits per heavy atom. The highest BCUT2D eigenvalue weighted by Gasteiger charge is 2.43. The molecule has 0 heterocycles. The lowest BCUT2D eigenvalue weighted by Crippen LogP contribution is -2.36. The summed E-state index contributed by atoms with van der Waals surface area (Å²) in [5.41, 5.74) is 4.74. The molecule has 4 N–H and O–H groups in total. The van der Waals surface area contributed by atoms with Crippen molar-refractivity contribution in [3.05, 3.63) is 166 Å². The lowest BCUT2D eigenvalue weighted by molar-refractivity contribution is 0.391. The zero-order valence-electron chi connectivity index (χ0n) is 26.0. The van der Waals surface area contributed by atoms with Gasteiger partial charge in [0, 0.05) is 32.0 Å². The Morgan fingerprint density at radius 2 is 0.872 bits per heavy atom. The minimum Gasteiger partial charge on any atom is -0.508 e. The average Bonchev–Trinajstić information content (AvgIpc) is 3.05. The van der Waals surface area contributed by atoms with Crippen LogP contribution in [0.25, 0.3) is 22.3 Å². The monoisotopic (exact) mass is 660 g/mol. The van der Waals surface area contributed by atoms with Crippen LogP contribution in [0.2, 0.25) is 10.0 Å². The van der Waals surface area contributed by atoms with Crippen molar-refractivity contribution in [1.29, 1.82) is 0 Å². The Morgan fingerprint density at radius 3 is 1.26 bits per heavy atom. The molecule has 47 heavy (non-hydrogen) atoms. The first-order valence-corrected chi connectivity index (χ1v) is 16.0. The molecular weight excluding hydrogens is 627 g/mol. The van der Waals surface area contributed by atoms with Gasteiger partial charge in [-0.25, -0.2) is 0 Å². The summed E-state index contributed by atoms with van der Waals surface area (Å²) in [5.74, 6) is 0.392. The maximum Gasteiger partial charge on any atom is 0.123 e. The molecule has 0 saturated carbocycles. The molecule has 6 aromatic rings. The minimum absolute atomic E-state index is 0.0396. The Balaban J connectivity index is 1.64. The summed E-state index contributed by atoms with van der Waals surface area (Å²) in [6.07, 6.45) is 0.410. The zero-order valence-corrected chi connectivity index (χ0v) is 27.5. The summed E-state index contributed by atoms with van der Waals surface area (Å²) in [6.45, 7) is 4.19. The number of hydrogen-bond donors (Lipinski definition) is 4. The molecular formula is C41H34Cl2O4. The van der Waals surface area contributed by atoms with Crippen LogP contribution < -0.4 is 0 Å². The van der Waals surface area contributed by atoms with E-state index >= 15 is 0 Å². The van der Waals surface area contributed by atoms with Crippen molar-refractivity contribution in [3.8, 4) is 45.3 Å². The van der Waals surface area contributed by atoms with Crippen LogP contribution in [-0.2, 0) is 10.8 Å². The Kier molecular flexibility index (Phi) is 8.67. The molecule has 4 nitrogen and oxygen atoms in total. The first-order valence-electron chi connectivity index (χ1n) is 15.3. The second-order valence-electron chi connectivity index (χ2n) is 12.4. The summed E-state index contributed by atoms with van der Waals surface area (Å²) in [7, 11) is 0. The molecule has 0 unspecified atom stereocenters. The van der Waals surface area contributed by atoms with Crippen LogP contribution in [-0.4, -0.2) is 20.4 Å². The fourth-order valence-corrected chi connectivity index (χ4v) is 7.54. The molecule has 0 aliphatic carbocycles. The van der Waals surface area contributed by atoms with E-state index in [1.165, 1.54) is 12.1 Å². The van der Waals surface area contributed by atoms with Gasteiger partial charge in [0.15, 0.2) is 0 Å². The maximum absolute atomic E-state index is 11.1. The second kappa shape index (κ2) is 12.7. The van der Waals surface area contributed by atoms with E-state index < -0.39 is 10.8 Å². The number of phenolic OH excluding ortho intramolecular Hbond substituents is 4. The van der Waals surface area contributed by atoms with Gasteiger partial charge in [-0.15, -0.1) is 0 Å². The topological polar surface area (TPSA) is 80.9 Å². The number of phenols is 4. The van der Waals surface area contributed by atoms with Crippen molar-refractivity contribution in [3.63, 3.8) is 0 Å². The molecule has 6 heteroatoms. The van der Waals surface area contributed by atoms with E-state index in [1.807, 2.05) is 84.9 Å². The molecule has 236 valence electrons. The summed E-state index contributed by atoms with van der Waals surface area (Å²) >= 11 is 13.8. The number of benzene rings is 6. The van der Waals surface area contributed by atoms with E-state index in [2.05, 4.69) is 13.8 Å². The van der Waals surface area contributed by atoms with Crippen molar-refractivity contribution >= 4 is 23.2 Å². The zero-order chi connectivity index (χ0) is 33.3. The van der Waals surface area contributed by atoms with E-state index in [4.69, 9.17) is 23.2 Å². The number of halogens is 2. The first kappa shape index (κ1) is 32.1. The van der Waals surface area contributed by atoms with Gasteiger partial charge in [0.25, 0.3) is 0 Å². The van der Waals surface area contributed by atoms with Crippen LogP contribution in [0.15, 0.2) is 133 Å². The first-order chi connectivity index (χ1) is 22.5. The summed E-state index contributed by atoms with van der Waals surface area (Å²) < 4.78 is 0. The summed E-state index contributed by atoms with van der Waals surface area (Å²) in [5, 5.41) is 43.4. The van der Waals surface area contributed by atoms with Gasteiger partial charge >= 0.3 is 0 Å². The van der Waals surface area contributed by atoms with Crippen LogP contribution in [0.3, 0.4) is 0 Å². The van der Waals surface area contributed by atoms with Crippen LogP contribution in [0, 0.1) is 0 Å². The van der Waals surface area contributed by atoms with Gasteiger partial charge in [0.1, 0.15) is 23.0 Å². The van der Waals surface area contributed by atoms with Crippen molar-refractivity contribution in [2.24, 2.45) is 0 Å². The van der Waals surface area contributed by atoms with Crippen molar-refractivity contribution in [1.82, 2.24) is 0 Å². The van der Waals surface area contributed by atoms with Gasteiger partial charge < -0.3 is 20.4 Å². The molecule has 0 radical (unpaired) electrons. The molecule has 0 aliphatic rings. The molecule has 0 spiro atoms. The van der Waals surface area contributed by atoms with Crippen molar-refractivity contribution < 1.29 is 20.4 Å². The highest BCUT2D eigenvalue weighted by atomic mass is 35.5. The van der Waals surface area contributed by atoms with Gasteiger partial charge in [-0.3, -0.25) is 0 Å². The third-order valence-corrected chi connectivity index (χ3v) is 9.86. The van der Waals surface area contributed by atoms with Crippen LogP contribution in [0.4, 0.5) is 0 Å². The molecule has 0 saturated heterocycles. The van der Waals surface area contributed by atoms with Gasteiger partial charge in [0.2, 0.25) is 0 Å². The fourth-order valence-electron chi connectivity index (χ4n) is 6.77. The van der Waals surface area contributed by atoms with Gasteiger partial charge in [-0.1, -0.05) is 122 Å². The summed E-state index contributed by atoms with van der Waals surface area (Å²) in [4.78, 5) is 0. The molecule has 6 rings (SSSR count). The lowest BCUT2D eigenvalue weighted by atomic mass is 9.61. The van der Waals surface area contributed by atoms with Crippen molar-refractivity contribution in [2.45, 2.75) is 31.1 Å². The van der Waals surface area contributed by atoms with Gasteiger partial charge in [-0.05, 0) is 88.3 Å². The molecule has 0 aliphatic heterocycles. The van der Waals surface area contributed by atoms with E-state index in [-0.39, 0.29) is 23.0 Å². The van der Waals surface area contributed by atoms with Crippen LogP contribution >= 0.6 is 23.2 Å². The molecule has 0 aromatic heterocycles. The van der Waals surface area contributed by atoms with E-state index in [1.54, 1.807) is 36.4 Å². The highest BCUT2D eigenvalue weighted by molar-refractivity contribution is 6.32. The predicted octanol–water partition coefficient (Wildman–Crippen LogP) is 10.9. The lowest BCUT2D eigenvalue weighted by Gasteiger charge is -2.42. The van der Waals surface area contributed by atoms with E-state index in [0.717, 1.165) is 33.4 Å². The van der Waals surface area contributed by atoms with Gasteiger partial charge in [-0.2, -0.15) is 0 Å². The Labute approximate surface area is 284 Å². The van der Waals surface area contributed by atoms with E-state index in [0.29, 0.717) is 27.6 Å². The quantitative estimate of drug-likeness (QED) is 0.131. The predicted molar refractivity (Wildman–Crippen MR) is 191 cm³/mol. The second-order valence-corrected chi connectivity index (χ2v) is 13.2. The number of hydrogen-bond acceptors (Lipinski definition) is 4. The van der Waals surface area contributed by atoms with Crippen LogP contribution in [0.5, 0.6) is 23.0 Å². The third-order valence-electron chi connectivity index (χ3n) is 9.24. The molecule has 6 aromatic carbocycles. The SMILES string of the molecule is CC(CC(C)(c1ccc(O)cc1Cl)c1ccc(O)cc1Cl)(c1ccc(O)c(-c2ccccc2)c1)c1ccc(O)c(-c2ccccc2)c1. The van der Waals surface area contributed by atoms with Gasteiger partial charge in [0.05, 0.1) is 0 Å². The largest absolute Gasteiger partial charge is 0.508 e. The average molecular weight is 662 g/mol. The van der Waals surface area contributed by atoms with Crippen LogP contribution in [0.1, 0.15) is 42.5 Å². The third kappa shape index (κ3) is 6.15. The molecule has 0 bridgehead atoms. The standard InChI is InChI=1S/C41H34Cl2O4/c1-40(28-13-19-38(46)32(21-28)26-9-5-3-6-10-26,29-14-20-39(47)33(22-29)27-11-7-4-8-12-27)25-41(2,34-17-15-30(44)23-36(34)42)35-18-16-31(45)24-37(35)43/h3-24,44-47H,25H2,1-2H3. The fraction of sp³-hybridized carbons (Fsp3) is 0.122. The Bertz CT molecular complexity index is 1920. The molecule has 0 atom stereocenters. The number of rotatable bonds is 8. The van der Waals surface area contributed by atoms with E-state index in [9.17, 15) is 20.4 Å². The minimum atomic E-state index is -0.875. The summed E-state index contributed by atoms with van der Waals surface area (Å²) in [6, 6.07) is 40.6. The maximum atomic E-state index is 11.1. The molecule has 0 fully saturated rings. The Hall–Kier alpha value is -4.90. The normalized spacial score (nSPS) is 11.8. The smallest absolute Gasteiger partial charge is 0.123 e. The van der Waals surface area contributed by atoms with Crippen molar-refractivity contribution in [2.75, 3.05) is 0 Å². The number of aromatic hydroxyl groups is 4. The highest BCUT2D eigenvalue weighted by Crippen LogP contribution is 2.52.